The summed E-state index contributed by atoms with van der Waals surface area (Å²) in [4.78, 5) is 0. The quantitative estimate of drug-likeness (QED) is 0.0404. The Morgan fingerprint density at radius 2 is 0.667 bits per heavy atom. The highest BCUT2D eigenvalue weighted by atomic mass is 33.5. The maximum atomic E-state index is 6.22. The number of rotatable bonds is 32. The molecule has 0 aromatic rings. The molecular formula is C28H62O6S3Si2. The minimum absolute atomic E-state index is 0.734. The van der Waals surface area contributed by atoms with Gasteiger partial charge in [-0.25, -0.2) is 0 Å². The van der Waals surface area contributed by atoms with Crippen molar-refractivity contribution in [2.75, 3.05) is 51.1 Å². The van der Waals surface area contributed by atoms with Gasteiger partial charge in [0.1, 0.15) is 0 Å². The Morgan fingerprint density at radius 1 is 0.385 bits per heavy atom. The fourth-order valence-corrected chi connectivity index (χ4v) is 13.5. The summed E-state index contributed by atoms with van der Waals surface area (Å²) in [6.07, 6.45) is 13.1. The van der Waals surface area contributed by atoms with Crippen molar-refractivity contribution in [1.82, 2.24) is 0 Å². The first-order chi connectivity index (χ1) is 19.1. The van der Waals surface area contributed by atoms with E-state index in [1.807, 2.05) is 31.4 Å². The molecule has 0 rings (SSSR count). The van der Waals surface area contributed by atoms with Crippen molar-refractivity contribution in [3.05, 3.63) is 0 Å². The molecule has 0 aliphatic heterocycles. The second kappa shape index (κ2) is 29.3. The Kier molecular flexibility index (Phi) is 30.3. The Bertz CT molecular complexity index is 426. The lowest BCUT2D eigenvalue weighted by Crippen LogP contribution is -2.46. The lowest BCUT2D eigenvalue weighted by Gasteiger charge is -2.29. The van der Waals surface area contributed by atoms with Gasteiger partial charge in [-0.1, -0.05) is 76.0 Å². The summed E-state index contributed by atoms with van der Waals surface area (Å²) in [5, 5.41) is 0. The van der Waals surface area contributed by atoms with Gasteiger partial charge in [-0.2, -0.15) is 0 Å². The Hall–Kier alpha value is 1.24. The molecule has 0 spiro atoms. The van der Waals surface area contributed by atoms with E-state index in [0.29, 0.717) is 0 Å². The molecular weight excluding hydrogens is 585 g/mol. The summed E-state index contributed by atoms with van der Waals surface area (Å²) in [5.74, 6) is 2.39. The molecule has 39 heavy (non-hydrogen) atoms. The molecule has 0 heterocycles. The predicted molar refractivity (Wildman–Crippen MR) is 179 cm³/mol. The van der Waals surface area contributed by atoms with Gasteiger partial charge in [-0.05, 0) is 74.0 Å². The fraction of sp³-hybridized carbons (Fsp3) is 1.00. The maximum absolute atomic E-state index is 6.22. The average molecular weight is 647 g/mol. The van der Waals surface area contributed by atoms with Crippen LogP contribution in [0.1, 0.15) is 119 Å². The van der Waals surface area contributed by atoms with Crippen molar-refractivity contribution in [3.63, 3.8) is 0 Å². The van der Waals surface area contributed by atoms with Gasteiger partial charge >= 0.3 is 17.6 Å². The number of hydrogen-bond acceptors (Lipinski definition) is 9. The van der Waals surface area contributed by atoms with Crippen LogP contribution in [0.2, 0.25) is 12.1 Å². The van der Waals surface area contributed by atoms with Crippen LogP contribution < -0.4 is 0 Å². The molecule has 0 aromatic heterocycles. The molecule has 0 unspecified atom stereocenters. The predicted octanol–water partition coefficient (Wildman–Crippen LogP) is 9.79. The Labute approximate surface area is 256 Å². The zero-order valence-corrected chi connectivity index (χ0v) is 30.7. The summed E-state index contributed by atoms with van der Waals surface area (Å²) in [7, 11) is 0.883. The van der Waals surface area contributed by atoms with E-state index in [1.54, 1.807) is 0 Å². The Morgan fingerprint density at radius 3 is 0.923 bits per heavy atom. The third-order valence-corrected chi connectivity index (χ3v) is 15.9. The summed E-state index contributed by atoms with van der Waals surface area (Å²) in [6.45, 7) is 17.3. The molecule has 236 valence electrons. The van der Waals surface area contributed by atoms with Gasteiger partial charge in [0.05, 0.1) is 0 Å². The summed E-state index contributed by atoms with van der Waals surface area (Å²) in [6, 6.07) is 1.89. The number of unbranched alkanes of at least 4 members (excludes halogenated alkanes) is 4. The molecule has 0 atom stereocenters. The molecule has 0 aliphatic rings. The summed E-state index contributed by atoms with van der Waals surface area (Å²) < 4.78 is 37.3. The van der Waals surface area contributed by atoms with Crippen LogP contribution in [0.4, 0.5) is 0 Å². The second-order valence-corrected chi connectivity index (χ2v) is 19.7. The molecule has 0 saturated heterocycles. The van der Waals surface area contributed by atoms with E-state index in [9.17, 15) is 0 Å². The van der Waals surface area contributed by atoms with Crippen molar-refractivity contribution in [1.29, 1.82) is 0 Å². The lowest BCUT2D eigenvalue weighted by atomic mass is 10.3. The minimum atomic E-state index is -2.53. The molecule has 0 aromatic carbocycles. The molecule has 0 fully saturated rings. The highest BCUT2D eigenvalue weighted by molar-refractivity contribution is 9.09. The van der Waals surface area contributed by atoms with Crippen LogP contribution in [0.15, 0.2) is 0 Å². The number of hydrogen-bond donors (Lipinski definition) is 0. The van der Waals surface area contributed by atoms with Gasteiger partial charge in [0.15, 0.2) is 0 Å². The van der Waals surface area contributed by atoms with Gasteiger partial charge in [0, 0.05) is 63.2 Å². The first kappa shape index (κ1) is 40.2. The first-order valence-electron chi connectivity index (χ1n) is 15.8. The molecule has 0 radical (unpaired) electrons. The molecule has 0 saturated carbocycles. The van der Waals surface area contributed by atoms with Crippen LogP contribution in [-0.2, 0) is 26.6 Å². The zero-order valence-electron chi connectivity index (χ0n) is 26.2. The lowest BCUT2D eigenvalue weighted by molar-refractivity contribution is 0.0580. The van der Waals surface area contributed by atoms with Crippen LogP contribution >= 0.6 is 31.4 Å². The van der Waals surface area contributed by atoms with Crippen molar-refractivity contribution in [2.45, 2.75) is 131 Å². The summed E-state index contributed by atoms with van der Waals surface area (Å²) >= 11 is 0. The van der Waals surface area contributed by atoms with Crippen molar-refractivity contribution in [2.24, 2.45) is 0 Å². The van der Waals surface area contributed by atoms with Crippen LogP contribution in [0, 0.1) is 0 Å². The van der Waals surface area contributed by atoms with E-state index in [2.05, 4.69) is 41.5 Å². The molecule has 0 bridgehead atoms. The largest absolute Gasteiger partial charge is 0.500 e. The molecule has 11 heteroatoms. The first-order valence-corrected chi connectivity index (χ1v) is 23.5. The second-order valence-electron chi connectivity index (χ2n) is 9.79. The van der Waals surface area contributed by atoms with E-state index in [-0.39, 0.29) is 0 Å². The Balaban J connectivity index is 4.09. The third-order valence-electron chi connectivity index (χ3n) is 5.67. The minimum Gasteiger partial charge on any atom is -0.373 e. The maximum Gasteiger partial charge on any atom is 0.500 e. The fourth-order valence-electron chi connectivity index (χ4n) is 3.69. The summed E-state index contributed by atoms with van der Waals surface area (Å²) in [5.41, 5.74) is 0. The van der Waals surface area contributed by atoms with Crippen LogP contribution in [0.3, 0.4) is 0 Å². The van der Waals surface area contributed by atoms with Gasteiger partial charge in [0.25, 0.3) is 0 Å². The van der Waals surface area contributed by atoms with Crippen molar-refractivity contribution < 1.29 is 26.6 Å². The van der Waals surface area contributed by atoms with Crippen LogP contribution in [0.25, 0.3) is 0 Å². The van der Waals surface area contributed by atoms with Crippen molar-refractivity contribution in [3.8, 4) is 0 Å². The van der Waals surface area contributed by atoms with E-state index < -0.39 is 17.6 Å². The topological polar surface area (TPSA) is 55.4 Å². The van der Waals surface area contributed by atoms with Gasteiger partial charge in [0.2, 0.25) is 0 Å². The standard InChI is InChI=1S/C28H62O6S3Si2/c1-7-19-29-38(30-20-8-2,31-21-9-3)27-17-13-15-25-35-37-36-26-16-14-18-28-39(32-22-10-4,33-23-11-5)34-24-12-6/h7-28H2,1-6H3. The van der Waals surface area contributed by atoms with Crippen LogP contribution in [-0.4, -0.2) is 68.8 Å². The molecule has 0 amide bonds. The molecule has 0 aliphatic carbocycles. The zero-order chi connectivity index (χ0) is 28.9. The van der Waals surface area contributed by atoms with Gasteiger partial charge in [-0.15, -0.1) is 0 Å². The van der Waals surface area contributed by atoms with E-state index in [4.69, 9.17) is 26.6 Å². The normalized spacial score (nSPS) is 12.5. The third kappa shape index (κ3) is 22.4. The average Bonchev–Trinajstić information content (AvgIpc) is 2.96. The SMILES string of the molecule is CCCO[Si](CCCCCSSSCCCCC[Si](OCCC)(OCCC)OCCC)(OCCC)OCCC. The van der Waals surface area contributed by atoms with Crippen LogP contribution in [0.5, 0.6) is 0 Å². The van der Waals surface area contributed by atoms with E-state index >= 15 is 0 Å². The molecule has 0 N–H and O–H groups in total. The highest BCUT2D eigenvalue weighted by Crippen LogP contribution is 2.36. The smallest absolute Gasteiger partial charge is 0.373 e. The highest BCUT2D eigenvalue weighted by Gasteiger charge is 2.41. The van der Waals surface area contributed by atoms with Crippen molar-refractivity contribution >= 4 is 49.0 Å². The van der Waals surface area contributed by atoms with E-state index in [0.717, 1.165) is 103 Å². The van der Waals surface area contributed by atoms with Gasteiger partial charge < -0.3 is 26.6 Å². The van der Waals surface area contributed by atoms with Gasteiger partial charge in [-0.3, -0.25) is 0 Å². The molecule has 6 nitrogen and oxygen atoms in total. The monoisotopic (exact) mass is 646 g/mol. The van der Waals surface area contributed by atoms with E-state index in [1.165, 1.54) is 37.2 Å².